The molecule has 3 N–H and O–H groups in total. The number of aliphatic hydroxyl groups excluding tert-OH is 1. The van der Waals surface area contributed by atoms with Crippen LogP contribution in [0.1, 0.15) is 30.9 Å². The molecule has 0 spiro atoms. The average Bonchev–Trinajstić information content (AvgIpc) is 3.18. The summed E-state index contributed by atoms with van der Waals surface area (Å²) in [5.41, 5.74) is 1.12. The molecule has 3 aromatic rings. The van der Waals surface area contributed by atoms with Gasteiger partial charge in [0, 0.05) is 31.2 Å². The number of aliphatic hydroxyl groups is 1. The van der Waals surface area contributed by atoms with Gasteiger partial charge in [-0.15, -0.1) is 0 Å². The molecule has 0 saturated carbocycles. The number of hydrogen-bond donors (Lipinski definition) is 3. The van der Waals surface area contributed by atoms with Gasteiger partial charge >= 0.3 is 6.18 Å². The van der Waals surface area contributed by atoms with Crippen LogP contribution >= 0.6 is 0 Å². The third-order valence-corrected chi connectivity index (χ3v) is 6.72. The number of phenols is 1. The highest BCUT2D eigenvalue weighted by molar-refractivity contribution is 5.90. The molecule has 188 valence electrons. The fourth-order valence-electron chi connectivity index (χ4n) is 4.87. The van der Waals surface area contributed by atoms with Gasteiger partial charge < -0.3 is 29.7 Å². The number of rotatable bonds is 5. The number of nitrogens with zero attached hydrogens (tertiary/aromatic N) is 4. The van der Waals surface area contributed by atoms with Crippen molar-refractivity contribution in [1.82, 2.24) is 14.9 Å². The zero-order chi connectivity index (χ0) is 24.9. The van der Waals surface area contributed by atoms with Gasteiger partial charge in [-0.05, 0) is 56.6 Å². The van der Waals surface area contributed by atoms with Gasteiger partial charge in [0.2, 0.25) is 5.65 Å². The van der Waals surface area contributed by atoms with Gasteiger partial charge in [0.1, 0.15) is 5.75 Å². The Morgan fingerprint density at radius 2 is 1.94 bits per heavy atom. The van der Waals surface area contributed by atoms with Crippen molar-refractivity contribution in [2.24, 2.45) is 0 Å². The number of hydrogen-bond acceptors (Lipinski definition) is 8. The van der Waals surface area contributed by atoms with Crippen molar-refractivity contribution in [3.63, 3.8) is 0 Å². The third kappa shape index (κ3) is 4.62. The first-order valence-corrected chi connectivity index (χ1v) is 11.8. The van der Waals surface area contributed by atoms with E-state index in [1.165, 1.54) is 6.92 Å². The molecule has 2 aliphatic heterocycles. The number of halogens is 3. The van der Waals surface area contributed by atoms with Gasteiger partial charge in [0.05, 0.1) is 23.0 Å². The number of benzene rings is 1. The number of phenolic OH excluding ortho intramolecular Hbond substituents is 1. The number of aromatic nitrogens is 2. The number of anilines is 2. The Morgan fingerprint density at radius 1 is 1.17 bits per heavy atom. The minimum atomic E-state index is -4.57. The largest absolute Gasteiger partial charge is 0.507 e. The maximum absolute atomic E-state index is 13.2. The molecular formula is C24H28F3N5O3. The summed E-state index contributed by atoms with van der Waals surface area (Å²) in [4.78, 5) is 13.3. The van der Waals surface area contributed by atoms with Crippen molar-refractivity contribution in [3.8, 4) is 17.0 Å². The molecule has 2 saturated heterocycles. The molecule has 2 aliphatic rings. The highest BCUT2D eigenvalue weighted by Gasteiger charge is 2.33. The van der Waals surface area contributed by atoms with Gasteiger partial charge in [-0.2, -0.15) is 18.2 Å². The van der Waals surface area contributed by atoms with Crippen LogP contribution in [0.2, 0.25) is 0 Å². The fourth-order valence-corrected chi connectivity index (χ4v) is 4.87. The number of fused-ring (bicyclic) bond motifs is 1. The molecule has 35 heavy (non-hydrogen) atoms. The van der Waals surface area contributed by atoms with E-state index in [4.69, 9.17) is 4.42 Å². The number of piperidine rings is 1. The van der Waals surface area contributed by atoms with Crippen LogP contribution in [0.4, 0.5) is 24.9 Å². The Morgan fingerprint density at radius 3 is 2.60 bits per heavy atom. The van der Waals surface area contributed by atoms with Crippen molar-refractivity contribution in [1.29, 1.82) is 0 Å². The summed E-state index contributed by atoms with van der Waals surface area (Å²) < 4.78 is 45.6. The van der Waals surface area contributed by atoms with Crippen LogP contribution in [0.25, 0.3) is 22.5 Å². The SMILES string of the molecule is CCN1CCC[C@H](Nc2nc3nc(-c4c(C)cc(C(F)(F)F)cc4O)cc(N4CC(O)C4)c3o2)C1. The molecule has 2 aromatic heterocycles. The van der Waals surface area contributed by atoms with Gasteiger partial charge in [-0.25, -0.2) is 4.98 Å². The van der Waals surface area contributed by atoms with Crippen LogP contribution in [-0.4, -0.2) is 70.0 Å². The topological polar surface area (TPSA) is 97.9 Å². The molecule has 11 heteroatoms. The maximum atomic E-state index is 13.2. The molecule has 2 fully saturated rings. The Hall–Kier alpha value is -3.05. The van der Waals surface area contributed by atoms with E-state index >= 15 is 0 Å². The smallest absolute Gasteiger partial charge is 0.416 e. The Kier molecular flexibility index (Phi) is 6.00. The summed E-state index contributed by atoms with van der Waals surface area (Å²) in [6.07, 6.45) is -3.00. The Bertz CT molecular complexity index is 1220. The molecule has 0 bridgehead atoms. The van der Waals surface area contributed by atoms with E-state index in [0.717, 1.165) is 38.5 Å². The normalized spacial score (nSPS) is 19.8. The lowest BCUT2D eigenvalue weighted by atomic mass is 9.99. The molecule has 4 heterocycles. The molecule has 8 nitrogen and oxygen atoms in total. The lowest BCUT2D eigenvalue weighted by Crippen LogP contribution is -2.50. The quantitative estimate of drug-likeness (QED) is 0.493. The summed E-state index contributed by atoms with van der Waals surface area (Å²) in [5, 5.41) is 23.7. The number of likely N-dealkylation sites (N-methyl/N-ethyl adjacent to an activating group) is 1. The molecule has 1 atom stereocenters. The van der Waals surface area contributed by atoms with E-state index in [-0.39, 0.29) is 28.5 Å². The van der Waals surface area contributed by atoms with Crippen LogP contribution in [0.5, 0.6) is 5.75 Å². The molecular weight excluding hydrogens is 463 g/mol. The minimum absolute atomic E-state index is 0.173. The Balaban J connectivity index is 1.55. The summed E-state index contributed by atoms with van der Waals surface area (Å²) in [6, 6.07) is 3.86. The summed E-state index contributed by atoms with van der Waals surface area (Å²) >= 11 is 0. The zero-order valence-electron chi connectivity index (χ0n) is 19.6. The summed E-state index contributed by atoms with van der Waals surface area (Å²) in [5.74, 6) is -0.512. The van der Waals surface area contributed by atoms with Gasteiger partial charge in [0.25, 0.3) is 6.01 Å². The number of aryl methyl sites for hydroxylation is 1. The van der Waals surface area contributed by atoms with Crippen molar-refractivity contribution < 1.29 is 27.8 Å². The van der Waals surface area contributed by atoms with Crippen LogP contribution in [-0.2, 0) is 6.18 Å². The molecule has 0 aliphatic carbocycles. The van der Waals surface area contributed by atoms with Crippen molar-refractivity contribution in [2.45, 2.75) is 45.0 Å². The Labute approximate surface area is 200 Å². The first-order chi connectivity index (χ1) is 16.6. The highest BCUT2D eigenvalue weighted by atomic mass is 19.4. The highest BCUT2D eigenvalue weighted by Crippen LogP contribution is 2.41. The minimum Gasteiger partial charge on any atom is -0.507 e. The van der Waals surface area contributed by atoms with E-state index in [1.54, 1.807) is 6.07 Å². The van der Waals surface area contributed by atoms with Crippen LogP contribution < -0.4 is 10.2 Å². The molecule has 5 rings (SSSR count). The fraction of sp³-hybridized carbons (Fsp3) is 0.500. The number of aromatic hydroxyl groups is 1. The van der Waals surface area contributed by atoms with Gasteiger partial charge in [-0.1, -0.05) is 6.92 Å². The van der Waals surface area contributed by atoms with Crippen LogP contribution in [0, 0.1) is 6.92 Å². The molecule has 0 radical (unpaired) electrons. The predicted molar refractivity (Wildman–Crippen MR) is 126 cm³/mol. The van der Waals surface area contributed by atoms with Crippen molar-refractivity contribution in [3.05, 3.63) is 29.3 Å². The van der Waals surface area contributed by atoms with Crippen LogP contribution in [0.15, 0.2) is 22.6 Å². The maximum Gasteiger partial charge on any atom is 0.416 e. The average molecular weight is 492 g/mol. The predicted octanol–water partition coefficient (Wildman–Crippen LogP) is 4.00. The lowest BCUT2D eigenvalue weighted by Gasteiger charge is -2.37. The van der Waals surface area contributed by atoms with Crippen molar-refractivity contribution >= 4 is 22.9 Å². The van der Waals surface area contributed by atoms with Crippen molar-refractivity contribution in [2.75, 3.05) is 42.9 Å². The number of likely N-dealkylation sites (tertiary alicyclic amines) is 1. The number of oxazole rings is 1. The van der Waals surface area contributed by atoms with E-state index in [1.807, 2.05) is 4.90 Å². The van der Waals surface area contributed by atoms with E-state index in [0.29, 0.717) is 36.4 Å². The lowest BCUT2D eigenvalue weighted by molar-refractivity contribution is -0.137. The van der Waals surface area contributed by atoms with Gasteiger partial charge in [0.15, 0.2) is 5.58 Å². The molecule has 0 unspecified atom stereocenters. The number of alkyl halides is 3. The molecule has 1 aromatic carbocycles. The monoisotopic (exact) mass is 491 g/mol. The van der Waals surface area contributed by atoms with E-state index in [2.05, 4.69) is 27.1 Å². The zero-order valence-corrected chi connectivity index (χ0v) is 19.6. The summed E-state index contributed by atoms with van der Waals surface area (Å²) in [6.45, 7) is 7.29. The number of pyridine rings is 1. The summed E-state index contributed by atoms with van der Waals surface area (Å²) in [7, 11) is 0. The number of β-amino-alcohol motifs (C(OH)–C–C–N with tert-alkyl or cyclic N) is 1. The number of nitrogens with one attached hydrogen (secondary N) is 1. The van der Waals surface area contributed by atoms with Crippen LogP contribution in [0.3, 0.4) is 0 Å². The van der Waals surface area contributed by atoms with E-state index in [9.17, 15) is 23.4 Å². The van der Waals surface area contributed by atoms with Gasteiger partial charge in [-0.3, -0.25) is 0 Å². The molecule has 0 amide bonds. The third-order valence-electron chi connectivity index (χ3n) is 6.72. The second-order valence-electron chi connectivity index (χ2n) is 9.32. The van der Waals surface area contributed by atoms with E-state index < -0.39 is 23.6 Å². The second kappa shape index (κ2) is 8.87. The standard InChI is InChI=1S/C24H28F3N5O3/c1-3-31-6-4-5-15(10-31)28-23-30-22-21(35-23)18(32-11-16(33)12-32)9-17(29-22)20-13(2)7-14(8-19(20)34)24(25,26)27/h7-9,15-16,33-34H,3-6,10-12H2,1-2H3,(H,28,29,30)/t15-/m0/s1. The second-order valence-corrected chi connectivity index (χ2v) is 9.32. The first-order valence-electron chi connectivity index (χ1n) is 11.8. The first kappa shape index (κ1) is 23.7.